The van der Waals surface area contributed by atoms with Crippen LogP contribution in [0.15, 0.2) is 24.3 Å². The van der Waals surface area contributed by atoms with E-state index in [0.717, 1.165) is 31.9 Å². The van der Waals surface area contributed by atoms with E-state index in [1.165, 1.54) is 5.69 Å². The Bertz CT molecular complexity index is 403. The summed E-state index contributed by atoms with van der Waals surface area (Å²) in [6, 6.07) is 7.98. The highest BCUT2D eigenvalue weighted by Crippen LogP contribution is 2.21. The fourth-order valence-electron chi connectivity index (χ4n) is 2.04. The minimum absolute atomic E-state index is 0.160. The molecule has 2 amide bonds. The summed E-state index contributed by atoms with van der Waals surface area (Å²) in [5.41, 5.74) is 2.31. The highest BCUT2D eigenvalue weighted by atomic mass is 16.5. The smallest absolute Gasteiger partial charge is 0.314 e. The molecule has 1 heterocycles. The lowest BCUT2D eigenvalue weighted by Crippen LogP contribution is -2.37. The van der Waals surface area contributed by atoms with Crippen molar-refractivity contribution in [1.82, 2.24) is 10.6 Å². The van der Waals surface area contributed by atoms with Crippen LogP contribution in [0.1, 0.15) is 5.56 Å². The number of hydrogen-bond acceptors (Lipinski definition) is 3. The molecule has 98 valence electrons. The third kappa shape index (κ3) is 3.13. The van der Waals surface area contributed by atoms with Gasteiger partial charge in [-0.15, -0.1) is 0 Å². The molecule has 1 fully saturated rings. The number of ether oxygens (including phenoxy) is 1. The Morgan fingerprint density at radius 1 is 1.33 bits per heavy atom. The molecule has 0 saturated carbocycles. The summed E-state index contributed by atoms with van der Waals surface area (Å²) in [4.78, 5) is 13.5. The maximum Gasteiger partial charge on any atom is 0.314 e. The van der Waals surface area contributed by atoms with E-state index in [1.54, 1.807) is 7.05 Å². The fraction of sp³-hybridized carbons (Fsp3) is 0.462. The Balaban J connectivity index is 2.06. The molecule has 0 atom stereocenters. The first-order chi connectivity index (χ1) is 8.81. The standard InChI is InChI=1S/C13H19N3O2/c1-14-13(17)15-10-11-4-2-3-5-12(11)16-6-8-18-9-7-16/h2-5H,6-10H2,1H3,(H2,14,15,17). The number of hydrogen-bond donors (Lipinski definition) is 2. The lowest BCUT2D eigenvalue weighted by atomic mass is 10.1. The summed E-state index contributed by atoms with van der Waals surface area (Å²) in [7, 11) is 1.61. The Labute approximate surface area is 107 Å². The number of nitrogens with one attached hydrogen (secondary N) is 2. The number of amides is 2. The van der Waals surface area contributed by atoms with Gasteiger partial charge in [0.2, 0.25) is 0 Å². The monoisotopic (exact) mass is 249 g/mol. The zero-order chi connectivity index (χ0) is 12.8. The number of benzene rings is 1. The van der Waals surface area contributed by atoms with Crippen LogP contribution < -0.4 is 15.5 Å². The molecule has 1 aromatic carbocycles. The SMILES string of the molecule is CNC(=O)NCc1ccccc1N1CCOCC1. The minimum atomic E-state index is -0.160. The van der Waals surface area contributed by atoms with Crippen molar-refractivity contribution in [2.75, 3.05) is 38.3 Å². The summed E-state index contributed by atoms with van der Waals surface area (Å²) in [5.74, 6) is 0. The number of morpholine rings is 1. The average Bonchev–Trinajstić information content (AvgIpc) is 2.46. The molecule has 2 N–H and O–H groups in total. The van der Waals surface area contributed by atoms with Crippen LogP contribution in [0.2, 0.25) is 0 Å². The van der Waals surface area contributed by atoms with Crippen molar-refractivity contribution in [3.8, 4) is 0 Å². The third-order valence-corrected chi connectivity index (χ3v) is 3.01. The summed E-state index contributed by atoms with van der Waals surface area (Å²) in [6.45, 7) is 3.86. The molecule has 0 unspecified atom stereocenters. The van der Waals surface area contributed by atoms with Crippen LogP contribution in [0.3, 0.4) is 0 Å². The first kappa shape index (κ1) is 12.7. The van der Waals surface area contributed by atoms with E-state index < -0.39 is 0 Å². The number of carbonyl (C=O) groups excluding carboxylic acids is 1. The Morgan fingerprint density at radius 2 is 2.06 bits per heavy atom. The largest absolute Gasteiger partial charge is 0.378 e. The van der Waals surface area contributed by atoms with E-state index in [-0.39, 0.29) is 6.03 Å². The molecule has 1 saturated heterocycles. The predicted molar refractivity (Wildman–Crippen MR) is 70.8 cm³/mol. The van der Waals surface area contributed by atoms with Crippen molar-refractivity contribution in [3.63, 3.8) is 0 Å². The van der Waals surface area contributed by atoms with Gasteiger partial charge >= 0.3 is 6.03 Å². The maximum atomic E-state index is 11.2. The van der Waals surface area contributed by atoms with Gasteiger partial charge in [-0.05, 0) is 11.6 Å². The number of urea groups is 1. The van der Waals surface area contributed by atoms with Gasteiger partial charge in [-0.1, -0.05) is 18.2 Å². The zero-order valence-electron chi connectivity index (χ0n) is 10.6. The number of anilines is 1. The van der Waals surface area contributed by atoms with Crippen LogP contribution in [-0.2, 0) is 11.3 Å². The van der Waals surface area contributed by atoms with Crippen LogP contribution in [0, 0.1) is 0 Å². The molecule has 0 aliphatic carbocycles. The first-order valence-electron chi connectivity index (χ1n) is 6.17. The Kier molecular flexibility index (Phi) is 4.41. The van der Waals surface area contributed by atoms with Crippen molar-refractivity contribution >= 4 is 11.7 Å². The van der Waals surface area contributed by atoms with Gasteiger partial charge in [-0.25, -0.2) is 4.79 Å². The van der Waals surface area contributed by atoms with Crippen molar-refractivity contribution in [2.24, 2.45) is 0 Å². The fourth-order valence-corrected chi connectivity index (χ4v) is 2.04. The first-order valence-corrected chi connectivity index (χ1v) is 6.17. The summed E-state index contributed by atoms with van der Waals surface area (Å²) in [5, 5.41) is 5.37. The zero-order valence-corrected chi connectivity index (χ0v) is 10.6. The molecule has 18 heavy (non-hydrogen) atoms. The molecule has 0 radical (unpaired) electrons. The predicted octanol–water partition coefficient (Wildman–Crippen LogP) is 0.952. The van der Waals surface area contributed by atoms with Crippen LogP contribution in [0.5, 0.6) is 0 Å². The van der Waals surface area contributed by atoms with E-state index in [4.69, 9.17) is 4.74 Å². The molecule has 0 aromatic heterocycles. The van der Waals surface area contributed by atoms with E-state index in [0.29, 0.717) is 6.54 Å². The lowest BCUT2D eigenvalue weighted by Gasteiger charge is -2.30. The molecule has 5 nitrogen and oxygen atoms in total. The van der Waals surface area contributed by atoms with Crippen LogP contribution in [0.25, 0.3) is 0 Å². The summed E-state index contributed by atoms with van der Waals surface area (Å²) < 4.78 is 5.36. The van der Waals surface area contributed by atoms with Gasteiger partial charge in [-0.3, -0.25) is 0 Å². The number of carbonyl (C=O) groups is 1. The van der Waals surface area contributed by atoms with Gasteiger partial charge in [0.05, 0.1) is 13.2 Å². The lowest BCUT2D eigenvalue weighted by molar-refractivity contribution is 0.122. The van der Waals surface area contributed by atoms with Gasteiger partial charge < -0.3 is 20.3 Å². The second-order valence-electron chi connectivity index (χ2n) is 4.16. The average molecular weight is 249 g/mol. The van der Waals surface area contributed by atoms with E-state index >= 15 is 0 Å². The molecular formula is C13H19N3O2. The molecule has 2 rings (SSSR count). The van der Waals surface area contributed by atoms with Crippen molar-refractivity contribution < 1.29 is 9.53 Å². The van der Waals surface area contributed by atoms with Gasteiger partial charge in [0.1, 0.15) is 0 Å². The highest BCUT2D eigenvalue weighted by molar-refractivity contribution is 5.73. The highest BCUT2D eigenvalue weighted by Gasteiger charge is 2.14. The van der Waals surface area contributed by atoms with Gasteiger partial charge in [-0.2, -0.15) is 0 Å². The number of rotatable bonds is 3. The van der Waals surface area contributed by atoms with E-state index in [2.05, 4.69) is 21.6 Å². The molecule has 0 spiro atoms. The van der Waals surface area contributed by atoms with Gasteiger partial charge in [0.25, 0.3) is 0 Å². The number of para-hydroxylation sites is 1. The van der Waals surface area contributed by atoms with E-state index in [9.17, 15) is 4.79 Å². The molecule has 5 heteroatoms. The normalized spacial score (nSPS) is 15.3. The topological polar surface area (TPSA) is 53.6 Å². The van der Waals surface area contributed by atoms with Crippen LogP contribution in [-0.4, -0.2) is 39.4 Å². The Morgan fingerprint density at radius 3 is 2.78 bits per heavy atom. The minimum Gasteiger partial charge on any atom is -0.378 e. The van der Waals surface area contributed by atoms with E-state index in [1.807, 2.05) is 18.2 Å². The molecule has 1 aliphatic rings. The quantitative estimate of drug-likeness (QED) is 0.838. The second kappa shape index (κ2) is 6.26. The molecule has 1 aromatic rings. The molecular weight excluding hydrogens is 230 g/mol. The molecule has 1 aliphatic heterocycles. The van der Waals surface area contributed by atoms with Crippen molar-refractivity contribution in [3.05, 3.63) is 29.8 Å². The summed E-state index contributed by atoms with van der Waals surface area (Å²) >= 11 is 0. The van der Waals surface area contributed by atoms with Crippen LogP contribution in [0.4, 0.5) is 10.5 Å². The van der Waals surface area contributed by atoms with Gasteiger partial charge in [0, 0.05) is 32.4 Å². The second-order valence-corrected chi connectivity index (χ2v) is 4.16. The Hall–Kier alpha value is -1.75. The molecule has 0 bridgehead atoms. The maximum absolute atomic E-state index is 11.2. The third-order valence-electron chi connectivity index (χ3n) is 3.01. The number of nitrogens with zero attached hydrogens (tertiary/aromatic N) is 1. The van der Waals surface area contributed by atoms with Gasteiger partial charge in [0.15, 0.2) is 0 Å². The van der Waals surface area contributed by atoms with Crippen molar-refractivity contribution in [2.45, 2.75) is 6.54 Å². The van der Waals surface area contributed by atoms with Crippen LogP contribution >= 0.6 is 0 Å². The summed E-state index contributed by atoms with van der Waals surface area (Å²) in [6.07, 6.45) is 0. The van der Waals surface area contributed by atoms with Crippen molar-refractivity contribution in [1.29, 1.82) is 0 Å².